The molecule has 0 aliphatic carbocycles. The van der Waals surface area contributed by atoms with E-state index in [1.54, 1.807) is 11.8 Å². The van der Waals surface area contributed by atoms with Gasteiger partial charge in [-0.3, -0.25) is 9.59 Å². The number of hydrogen-bond acceptors (Lipinski definition) is 3. The van der Waals surface area contributed by atoms with Gasteiger partial charge in [-0.15, -0.1) is 11.3 Å². The first-order valence-electron chi connectivity index (χ1n) is 6.99. The second kappa shape index (κ2) is 5.56. The molecule has 1 atom stereocenters. The van der Waals surface area contributed by atoms with Gasteiger partial charge < -0.3 is 10.0 Å². The topological polar surface area (TPSA) is 57.6 Å². The van der Waals surface area contributed by atoms with Gasteiger partial charge in [0.05, 0.1) is 10.3 Å². The summed E-state index contributed by atoms with van der Waals surface area (Å²) in [6, 6.07) is 1.97. The molecule has 0 radical (unpaired) electrons. The van der Waals surface area contributed by atoms with E-state index in [2.05, 4.69) is 6.92 Å². The van der Waals surface area contributed by atoms with Crippen LogP contribution < -0.4 is 0 Å². The minimum Gasteiger partial charge on any atom is -0.481 e. The molecule has 1 N–H and O–H groups in total. The summed E-state index contributed by atoms with van der Waals surface area (Å²) >= 11 is 1.52. The van der Waals surface area contributed by atoms with Crippen LogP contribution >= 0.6 is 11.3 Å². The predicted molar refractivity (Wildman–Crippen MR) is 79.3 cm³/mol. The maximum absolute atomic E-state index is 12.5. The number of carbonyl (C=O) groups is 2. The normalized spacial score (nSPS) is 22.2. The average molecular weight is 295 g/mol. The molecule has 20 heavy (non-hydrogen) atoms. The SMILES string of the molecule is CCCc1cc(C(=O)N2CC[C@](C)(C(=O)O)C2)sc1C. The molecule has 1 amide bonds. The van der Waals surface area contributed by atoms with E-state index in [1.165, 1.54) is 21.8 Å². The quantitative estimate of drug-likeness (QED) is 0.929. The van der Waals surface area contributed by atoms with E-state index >= 15 is 0 Å². The van der Waals surface area contributed by atoms with Gasteiger partial charge in [0.2, 0.25) is 0 Å². The Morgan fingerprint density at radius 1 is 1.50 bits per heavy atom. The third-order valence-corrected chi connectivity index (χ3v) is 5.11. The minimum atomic E-state index is -0.818. The number of hydrogen-bond donors (Lipinski definition) is 1. The van der Waals surface area contributed by atoms with Crippen molar-refractivity contribution in [3.8, 4) is 0 Å². The number of aryl methyl sites for hydroxylation is 2. The summed E-state index contributed by atoms with van der Waals surface area (Å²) in [6.45, 7) is 6.71. The van der Waals surface area contributed by atoms with Crippen molar-refractivity contribution in [3.05, 3.63) is 21.4 Å². The molecule has 0 saturated carbocycles. The van der Waals surface area contributed by atoms with Crippen LogP contribution in [0.2, 0.25) is 0 Å². The molecule has 0 aromatic carbocycles. The van der Waals surface area contributed by atoms with E-state index in [9.17, 15) is 14.7 Å². The van der Waals surface area contributed by atoms with Crippen LogP contribution in [0.3, 0.4) is 0 Å². The van der Waals surface area contributed by atoms with Crippen LogP contribution in [0.5, 0.6) is 0 Å². The van der Waals surface area contributed by atoms with E-state index in [4.69, 9.17) is 0 Å². The van der Waals surface area contributed by atoms with Gasteiger partial charge in [0.15, 0.2) is 0 Å². The molecular formula is C15H21NO3S. The highest BCUT2D eigenvalue weighted by Gasteiger charge is 2.42. The second-order valence-electron chi connectivity index (χ2n) is 5.78. The Labute approximate surface area is 123 Å². The van der Waals surface area contributed by atoms with Gasteiger partial charge in [-0.1, -0.05) is 13.3 Å². The maximum atomic E-state index is 12.5. The number of carbonyl (C=O) groups excluding carboxylic acids is 1. The lowest BCUT2D eigenvalue weighted by Crippen LogP contribution is -2.34. The average Bonchev–Trinajstić information content (AvgIpc) is 2.95. The molecule has 0 unspecified atom stereocenters. The smallest absolute Gasteiger partial charge is 0.311 e. The number of carboxylic acids is 1. The standard InChI is InChI=1S/C15H21NO3S/c1-4-5-11-8-12(20-10(11)2)13(17)16-7-6-15(3,9-16)14(18)19/h8H,4-7,9H2,1-3H3,(H,18,19)/t15-/m0/s1. The third kappa shape index (κ3) is 2.73. The first-order chi connectivity index (χ1) is 9.37. The molecule has 110 valence electrons. The molecule has 1 aromatic heterocycles. The van der Waals surface area contributed by atoms with Crippen LogP contribution in [0.4, 0.5) is 0 Å². The van der Waals surface area contributed by atoms with E-state index in [0.29, 0.717) is 19.5 Å². The molecule has 1 saturated heterocycles. The van der Waals surface area contributed by atoms with Gasteiger partial charge >= 0.3 is 5.97 Å². The number of rotatable bonds is 4. The molecule has 5 heteroatoms. The van der Waals surface area contributed by atoms with Crippen molar-refractivity contribution in [1.82, 2.24) is 4.90 Å². The summed E-state index contributed by atoms with van der Waals surface area (Å²) in [4.78, 5) is 27.3. The fraction of sp³-hybridized carbons (Fsp3) is 0.600. The van der Waals surface area contributed by atoms with Crippen LogP contribution in [0.15, 0.2) is 6.07 Å². The molecule has 1 fully saturated rings. The molecule has 4 nitrogen and oxygen atoms in total. The number of likely N-dealkylation sites (tertiary alicyclic amines) is 1. The zero-order valence-electron chi connectivity index (χ0n) is 12.2. The minimum absolute atomic E-state index is 0.0228. The summed E-state index contributed by atoms with van der Waals surface area (Å²) in [6.07, 6.45) is 2.58. The molecule has 1 aliphatic heterocycles. The van der Waals surface area contributed by atoms with E-state index in [-0.39, 0.29) is 5.91 Å². The van der Waals surface area contributed by atoms with Crippen molar-refractivity contribution in [3.63, 3.8) is 0 Å². The molecule has 2 rings (SSSR count). The van der Waals surface area contributed by atoms with Gasteiger partial charge in [-0.2, -0.15) is 0 Å². The fourth-order valence-electron chi connectivity index (χ4n) is 2.61. The van der Waals surface area contributed by atoms with Gasteiger partial charge in [0.25, 0.3) is 5.91 Å². The summed E-state index contributed by atoms with van der Waals surface area (Å²) < 4.78 is 0. The molecule has 0 spiro atoms. The summed E-state index contributed by atoms with van der Waals surface area (Å²) in [5, 5.41) is 9.23. The monoisotopic (exact) mass is 295 g/mol. The summed E-state index contributed by atoms with van der Waals surface area (Å²) in [5.41, 5.74) is 0.440. The Bertz CT molecular complexity index is 537. The van der Waals surface area contributed by atoms with Gasteiger partial charge in [0.1, 0.15) is 0 Å². The summed E-state index contributed by atoms with van der Waals surface area (Å²) in [5.74, 6) is -0.840. The molecular weight excluding hydrogens is 274 g/mol. The van der Waals surface area contributed by atoms with E-state index < -0.39 is 11.4 Å². The predicted octanol–water partition coefficient (Wildman–Crippen LogP) is 2.95. The highest BCUT2D eigenvalue weighted by Crippen LogP contribution is 2.32. The second-order valence-corrected chi connectivity index (χ2v) is 7.04. The largest absolute Gasteiger partial charge is 0.481 e. The molecule has 1 aromatic rings. The summed E-state index contributed by atoms with van der Waals surface area (Å²) in [7, 11) is 0. The van der Waals surface area contributed by atoms with Crippen molar-refractivity contribution in [2.24, 2.45) is 5.41 Å². The number of carboxylic acid groups (broad SMARTS) is 1. The molecule has 0 bridgehead atoms. The highest BCUT2D eigenvalue weighted by molar-refractivity contribution is 7.14. The number of thiophene rings is 1. The van der Waals surface area contributed by atoms with Crippen molar-refractivity contribution >= 4 is 23.2 Å². The Hall–Kier alpha value is -1.36. The molecule has 2 heterocycles. The van der Waals surface area contributed by atoms with Crippen LogP contribution in [-0.4, -0.2) is 35.0 Å². The Kier molecular flexibility index (Phi) is 4.18. The Morgan fingerprint density at radius 3 is 2.75 bits per heavy atom. The van der Waals surface area contributed by atoms with Crippen molar-refractivity contribution < 1.29 is 14.7 Å². The van der Waals surface area contributed by atoms with Crippen LogP contribution in [-0.2, 0) is 11.2 Å². The number of amides is 1. The highest BCUT2D eigenvalue weighted by atomic mass is 32.1. The lowest BCUT2D eigenvalue weighted by atomic mass is 9.90. The van der Waals surface area contributed by atoms with Crippen molar-refractivity contribution in [1.29, 1.82) is 0 Å². The van der Waals surface area contributed by atoms with Gasteiger partial charge in [-0.25, -0.2) is 0 Å². The zero-order valence-corrected chi connectivity index (χ0v) is 13.0. The van der Waals surface area contributed by atoms with Crippen LogP contribution in [0.1, 0.15) is 46.8 Å². The first-order valence-corrected chi connectivity index (χ1v) is 7.81. The van der Waals surface area contributed by atoms with Crippen molar-refractivity contribution in [2.75, 3.05) is 13.1 Å². The van der Waals surface area contributed by atoms with Crippen molar-refractivity contribution in [2.45, 2.75) is 40.0 Å². The number of aliphatic carboxylic acids is 1. The Morgan fingerprint density at radius 2 is 2.20 bits per heavy atom. The van der Waals surface area contributed by atoms with E-state index in [0.717, 1.165) is 17.7 Å². The lowest BCUT2D eigenvalue weighted by molar-refractivity contribution is -0.147. The maximum Gasteiger partial charge on any atom is 0.311 e. The van der Waals surface area contributed by atoms with Gasteiger partial charge in [-0.05, 0) is 38.3 Å². The molecule has 1 aliphatic rings. The van der Waals surface area contributed by atoms with E-state index in [1.807, 2.05) is 13.0 Å². The Balaban J connectivity index is 2.13. The number of nitrogens with zero attached hydrogens (tertiary/aromatic N) is 1. The van der Waals surface area contributed by atoms with Crippen LogP contribution in [0.25, 0.3) is 0 Å². The van der Waals surface area contributed by atoms with Gasteiger partial charge in [0, 0.05) is 18.0 Å². The fourth-order valence-corrected chi connectivity index (χ4v) is 3.65. The zero-order chi connectivity index (χ0) is 14.9. The van der Waals surface area contributed by atoms with Crippen LogP contribution in [0, 0.1) is 12.3 Å². The third-order valence-electron chi connectivity index (χ3n) is 4.03. The lowest BCUT2D eigenvalue weighted by Gasteiger charge is -2.19. The first kappa shape index (κ1) is 15.0.